The molecule has 0 atom stereocenters. The number of furan rings is 1. The highest BCUT2D eigenvalue weighted by Gasteiger charge is 2.19. The molecule has 0 radical (unpaired) electrons. The maximum atomic E-state index is 6.16. The van der Waals surface area contributed by atoms with E-state index < -0.39 is 0 Å². The fourth-order valence-corrected chi connectivity index (χ4v) is 7.30. The van der Waals surface area contributed by atoms with E-state index in [9.17, 15) is 0 Å². The number of benzene rings is 7. The molecule has 5 nitrogen and oxygen atoms in total. The molecule has 5 heteroatoms. The summed E-state index contributed by atoms with van der Waals surface area (Å²) in [4.78, 5) is 19.6. The fraction of sp³-hybridized carbons (Fsp3) is 0. The molecule has 0 bridgehead atoms. The summed E-state index contributed by atoms with van der Waals surface area (Å²) in [6.07, 6.45) is 1.84. The molecule has 0 aliphatic rings. The van der Waals surface area contributed by atoms with Crippen LogP contribution in [-0.4, -0.2) is 19.9 Å². The molecule has 0 aliphatic heterocycles. The smallest absolute Gasteiger partial charge is 0.227 e. The van der Waals surface area contributed by atoms with E-state index >= 15 is 0 Å². The minimum Gasteiger partial charge on any atom is -0.438 e. The average molecular weight is 653 g/mol. The van der Waals surface area contributed by atoms with E-state index in [1.165, 1.54) is 10.8 Å². The summed E-state index contributed by atoms with van der Waals surface area (Å²) < 4.78 is 6.16. The zero-order valence-corrected chi connectivity index (χ0v) is 27.4. The molecule has 3 aromatic heterocycles. The Kier molecular flexibility index (Phi) is 6.74. The highest BCUT2D eigenvalue weighted by molar-refractivity contribution is 6.17. The molecule has 0 spiro atoms. The molecule has 0 aliphatic carbocycles. The van der Waals surface area contributed by atoms with E-state index in [4.69, 9.17) is 19.4 Å². The number of nitrogens with zero attached hydrogens (tertiary/aromatic N) is 4. The number of hydrogen-bond donors (Lipinski definition) is 0. The zero-order chi connectivity index (χ0) is 33.7. The fourth-order valence-electron chi connectivity index (χ4n) is 7.30. The Morgan fingerprint density at radius 3 is 1.33 bits per heavy atom. The number of aromatic nitrogens is 4. The first-order chi connectivity index (χ1) is 25.3. The molecular weight excluding hydrogens is 625 g/mol. The van der Waals surface area contributed by atoms with Crippen LogP contribution >= 0.6 is 0 Å². The minimum absolute atomic E-state index is 0.639. The number of rotatable bonds is 5. The molecule has 3 heterocycles. The predicted molar refractivity (Wildman–Crippen MR) is 207 cm³/mol. The molecule has 0 amide bonds. The van der Waals surface area contributed by atoms with Crippen molar-refractivity contribution in [3.8, 4) is 56.4 Å². The van der Waals surface area contributed by atoms with Gasteiger partial charge >= 0.3 is 0 Å². The minimum atomic E-state index is 0.639. The van der Waals surface area contributed by atoms with E-state index in [0.717, 1.165) is 66.1 Å². The van der Waals surface area contributed by atoms with E-state index in [-0.39, 0.29) is 0 Å². The lowest BCUT2D eigenvalue weighted by molar-refractivity contribution is 0.654. The van der Waals surface area contributed by atoms with Crippen LogP contribution in [0.15, 0.2) is 174 Å². The van der Waals surface area contributed by atoms with Gasteiger partial charge in [0.05, 0.1) is 5.39 Å². The molecule has 0 saturated heterocycles. The summed E-state index contributed by atoms with van der Waals surface area (Å²) >= 11 is 0. The molecule has 0 fully saturated rings. The van der Waals surface area contributed by atoms with E-state index in [0.29, 0.717) is 23.2 Å². The third-order valence-corrected chi connectivity index (χ3v) is 9.65. The summed E-state index contributed by atoms with van der Waals surface area (Å²) in [6, 6.07) is 56.5. The monoisotopic (exact) mass is 652 g/mol. The third kappa shape index (κ3) is 4.86. The number of para-hydroxylation sites is 1. The lowest BCUT2D eigenvalue weighted by Crippen LogP contribution is -2.00. The summed E-state index contributed by atoms with van der Waals surface area (Å²) in [5.41, 5.74) is 8.88. The molecule has 238 valence electrons. The quantitative estimate of drug-likeness (QED) is 0.185. The van der Waals surface area contributed by atoms with Crippen LogP contribution in [0.2, 0.25) is 0 Å². The normalized spacial score (nSPS) is 11.5. The zero-order valence-electron chi connectivity index (χ0n) is 27.4. The van der Waals surface area contributed by atoms with Gasteiger partial charge in [0.1, 0.15) is 5.58 Å². The molecule has 51 heavy (non-hydrogen) atoms. The van der Waals surface area contributed by atoms with Gasteiger partial charge < -0.3 is 4.42 Å². The Balaban J connectivity index is 1.17. The van der Waals surface area contributed by atoms with Crippen LogP contribution in [0.3, 0.4) is 0 Å². The van der Waals surface area contributed by atoms with E-state index in [1.54, 1.807) is 0 Å². The first kappa shape index (κ1) is 29.0. The summed E-state index contributed by atoms with van der Waals surface area (Å²) in [5, 5.41) is 6.63. The summed E-state index contributed by atoms with van der Waals surface area (Å²) in [6.45, 7) is 0. The second kappa shape index (κ2) is 11.9. The second-order valence-electron chi connectivity index (χ2n) is 12.6. The SMILES string of the molecule is c1ccc(-c2nc(-c3ccccc3)nc(-c3ccc(-c4ccc(-c5ccnc6oc7ccccc7c56)c5ccccc45)c4ccccc34)n2)cc1. The molecule has 0 saturated carbocycles. The van der Waals surface area contributed by atoms with Gasteiger partial charge in [0.15, 0.2) is 17.5 Å². The van der Waals surface area contributed by atoms with Crippen LogP contribution in [0.4, 0.5) is 0 Å². The lowest BCUT2D eigenvalue weighted by Gasteiger charge is -2.16. The van der Waals surface area contributed by atoms with E-state index in [1.807, 2.05) is 85.1 Å². The third-order valence-electron chi connectivity index (χ3n) is 9.65. The highest BCUT2D eigenvalue weighted by atomic mass is 16.3. The first-order valence-corrected chi connectivity index (χ1v) is 17.0. The number of hydrogen-bond acceptors (Lipinski definition) is 5. The second-order valence-corrected chi connectivity index (χ2v) is 12.6. The van der Waals surface area contributed by atoms with Gasteiger partial charge in [0.2, 0.25) is 5.71 Å². The summed E-state index contributed by atoms with van der Waals surface area (Å²) in [5.74, 6) is 1.93. The van der Waals surface area contributed by atoms with Crippen molar-refractivity contribution in [2.45, 2.75) is 0 Å². The number of pyridine rings is 1. The molecule has 10 rings (SSSR count). The van der Waals surface area contributed by atoms with Crippen LogP contribution in [0, 0.1) is 0 Å². The molecule has 10 aromatic rings. The van der Waals surface area contributed by atoms with Gasteiger partial charge in [0.25, 0.3) is 0 Å². The van der Waals surface area contributed by atoms with Gasteiger partial charge in [-0.15, -0.1) is 0 Å². The van der Waals surface area contributed by atoms with Gasteiger partial charge in [-0.1, -0.05) is 146 Å². The Morgan fingerprint density at radius 1 is 0.333 bits per heavy atom. The maximum Gasteiger partial charge on any atom is 0.227 e. The van der Waals surface area contributed by atoms with E-state index in [2.05, 4.69) is 89.9 Å². The average Bonchev–Trinajstić information content (AvgIpc) is 3.60. The van der Waals surface area contributed by atoms with Crippen molar-refractivity contribution in [1.29, 1.82) is 0 Å². The predicted octanol–water partition coefficient (Wildman–Crippen LogP) is 11.8. The Hall–Kier alpha value is -6.98. The van der Waals surface area contributed by atoms with Crippen molar-refractivity contribution in [1.82, 2.24) is 19.9 Å². The molecular formula is C46H28N4O. The molecule has 7 aromatic carbocycles. The summed E-state index contributed by atoms with van der Waals surface area (Å²) in [7, 11) is 0. The van der Waals surface area contributed by atoms with Gasteiger partial charge in [0, 0.05) is 28.3 Å². The lowest BCUT2D eigenvalue weighted by atomic mass is 9.88. The van der Waals surface area contributed by atoms with Crippen molar-refractivity contribution < 1.29 is 4.42 Å². The highest BCUT2D eigenvalue weighted by Crippen LogP contribution is 2.43. The number of fused-ring (bicyclic) bond motifs is 5. The molecule has 0 unspecified atom stereocenters. The first-order valence-electron chi connectivity index (χ1n) is 17.0. The van der Waals surface area contributed by atoms with Crippen molar-refractivity contribution >= 4 is 43.6 Å². The van der Waals surface area contributed by atoms with Gasteiger partial charge in [-0.25, -0.2) is 19.9 Å². The Bertz CT molecular complexity index is 2860. The van der Waals surface area contributed by atoms with Crippen LogP contribution in [-0.2, 0) is 0 Å². The maximum absolute atomic E-state index is 6.16. The Morgan fingerprint density at radius 2 is 0.765 bits per heavy atom. The van der Waals surface area contributed by atoms with Crippen LogP contribution < -0.4 is 0 Å². The van der Waals surface area contributed by atoms with Crippen molar-refractivity contribution in [3.05, 3.63) is 170 Å². The van der Waals surface area contributed by atoms with Gasteiger partial charge in [-0.05, 0) is 62.0 Å². The standard InChI is InChI=1S/C46H28N4O/c1-3-13-29(14-4-1)43-48-44(30-15-5-2-6-16-30)50-45(49-43)39-26-25-36(33-19-9-10-20-34(33)39)35-23-24-37(32-18-8-7-17-31(32)35)38-27-28-47-46-42(38)40-21-11-12-22-41(40)51-46/h1-28H. The van der Waals surface area contributed by atoms with Crippen LogP contribution in [0.1, 0.15) is 0 Å². The van der Waals surface area contributed by atoms with Crippen molar-refractivity contribution in [2.24, 2.45) is 0 Å². The van der Waals surface area contributed by atoms with Gasteiger partial charge in [-0.2, -0.15) is 0 Å². The van der Waals surface area contributed by atoms with Crippen LogP contribution in [0.5, 0.6) is 0 Å². The van der Waals surface area contributed by atoms with Gasteiger partial charge in [-0.3, -0.25) is 0 Å². The van der Waals surface area contributed by atoms with Crippen molar-refractivity contribution in [3.63, 3.8) is 0 Å². The molecule has 0 N–H and O–H groups in total. The van der Waals surface area contributed by atoms with Crippen molar-refractivity contribution in [2.75, 3.05) is 0 Å². The largest absolute Gasteiger partial charge is 0.438 e. The Labute approximate surface area is 293 Å². The topological polar surface area (TPSA) is 64.7 Å². The van der Waals surface area contributed by atoms with Crippen LogP contribution in [0.25, 0.3) is 100 Å².